The van der Waals surface area contributed by atoms with Crippen LogP contribution in [0.3, 0.4) is 0 Å². The highest BCUT2D eigenvalue weighted by Crippen LogP contribution is 2.12. The third-order valence-electron chi connectivity index (χ3n) is 2.89. The minimum absolute atomic E-state index is 0.276. The Kier molecular flexibility index (Phi) is 2.40. The van der Waals surface area contributed by atoms with Crippen molar-refractivity contribution in [2.75, 3.05) is 39.5 Å². The molecule has 0 bridgehead atoms. The van der Waals surface area contributed by atoms with Crippen molar-refractivity contribution < 1.29 is 9.47 Å². The number of nitrogens with one attached hydrogen (secondary N) is 2. The van der Waals surface area contributed by atoms with Crippen molar-refractivity contribution in [3.8, 4) is 0 Å². The molecule has 6 nitrogen and oxygen atoms in total. The number of rotatable bonds is 0. The highest BCUT2D eigenvalue weighted by molar-refractivity contribution is 4.80. The molecule has 3 heterocycles. The van der Waals surface area contributed by atoms with Crippen LogP contribution < -0.4 is 10.9 Å². The van der Waals surface area contributed by atoms with Crippen molar-refractivity contribution in [1.29, 1.82) is 0 Å². The lowest BCUT2D eigenvalue weighted by atomic mass is 10.3. The first-order valence-electron chi connectivity index (χ1n) is 5.14. The average Bonchev–Trinajstić information content (AvgIpc) is 2.26. The average molecular weight is 200 g/mol. The molecule has 3 saturated heterocycles. The predicted molar refractivity (Wildman–Crippen MR) is 48.9 cm³/mol. The minimum Gasteiger partial charge on any atom is -0.377 e. The summed E-state index contributed by atoms with van der Waals surface area (Å²) >= 11 is 0. The molecule has 0 radical (unpaired) electrons. The fourth-order valence-electron chi connectivity index (χ4n) is 2.11. The highest BCUT2D eigenvalue weighted by Gasteiger charge is 2.36. The second kappa shape index (κ2) is 3.73. The van der Waals surface area contributed by atoms with E-state index in [4.69, 9.17) is 9.47 Å². The molecule has 3 fully saturated rings. The number of hydrazine groups is 2. The van der Waals surface area contributed by atoms with Gasteiger partial charge < -0.3 is 9.47 Å². The lowest BCUT2D eigenvalue weighted by Crippen LogP contribution is -2.76. The summed E-state index contributed by atoms with van der Waals surface area (Å²) in [6, 6.07) is 0. The Labute approximate surface area is 83.1 Å². The molecule has 0 aromatic carbocycles. The summed E-state index contributed by atoms with van der Waals surface area (Å²) in [6.45, 7) is 4.97. The van der Waals surface area contributed by atoms with Crippen LogP contribution in [0.5, 0.6) is 0 Å². The minimum atomic E-state index is 0.276. The zero-order chi connectivity index (χ0) is 9.38. The first-order chi connectivity index (χ1) is 6.93. The van der Waals surface area contributed by atoms with Gasteiger partial charge in [0.05, 0.1) is 26.4 Å². The zero-order valence-corrected chi connectivity index (χ0v) is 8.11. The SMILES string of the molecule is C1CN2N[C@@H]3COCCN3N[C@H]2CO1. The van der Waals surface area contributed by atoms with Gasteiger partial charge in [-0.3, -0.25) is 0 Å². The van der Waals surface area contributed by atoms with Gasteiger partial charge in [0.15, 0.2) is 0 Å². The number of hydrogen-bond acceptors (Lipinski definition) is 6. The van der Waals surface area contributed by atoms with Crippen LogP contribution in [0.15, 0.2) is 0 Å². The van der Waals surface area contributed by atoms with Gasteiger partial charge in [0.25, 0.3) is 0 Å². The van der Waals surface area contributed by atoms with Crippen molar-refractivity contribution in [3.63, 3.8) is 0 Å². The largest absolute Gasteiger partial charge is 0.377 e. The van der Waals surface area contributed by atoms with Gasteiger partial charge in [-0.15, -0.1) is 0 Å². The molecule has 0 unspecified atom stereocenters. The van der Waals surface area contributed by atoms with Crippen LogP contribution in [0.2, 0.25) is 0 Å². The van der Waals surface area contributed by atoms with E-state index in [0.717, 1.165) is 39.5 Å². The Bertz CT molecular complexity index is 174. The molecular weight excluding hydrogens is 184 g/mol. The van der Waals surface area contributed by atoms with E-state index < -0.39 is 0 Å². The van der Waals surface area contributed by atoms with E-state index in [2.05, 4.69) is 20.9 Å². The maximum Gasteiger partial charge on any atom is 0.110 e. The van der Waals surface area contributed by atoms with Crippen molar-refractivity contribution in [1.82, 2.24) is 20.9 Å². The molecule has 0 amide bonds. The van der Waals surface area contributed by atoms with E-state index >= 15 is 0 Å². The molecule has 6 heteroatoms. The fourth-order valence-corrected chi connectivity index (χ4v) is 2.11. The van der Waals surface area contributed by atoms with Gasteiger partial charge in [-0.1, -0.05) is 0 Å². The molecule has 3 aliphatic rings. The molecule has 0 aliphatic carbocycles. The predicted octanol–water partition coefficient (Wildman–Crippen LogP) is -1.67. The zero-order valence-electron chi connectivity index (χ0n) is 8.11. The van der Waals surface area contributed by atoms with Crippen LogP contribution in [0, 0.1) is 0 Å². The molecule has 0 aromatic rings. The van der Waals surface area contributed by atoms with Gasteiger partial charge >= 0.3 is 0 Å². The van der Waals surface area contributed by atoms with Gasteiger partial charge in [0.1, 0.15) is 12.3 Å². The van der Waals surface area contributed by atoms with Crippen LogP contribution in [-0.4, -0.2) is 61.9 Å². The second-order valence-corrected chi connectivity index (χ2v) is 3.83. The van der Waals surface area contributed by atoms with Crippen LogP contribution in [-0.2, 0) is 9.47 Å². The molecule has 0 saturated carbocycles. The number of morpholine rings is 2. The molecule has 3 rings (SSSR count). The van der Waals surface area contributed by atoms with E-state index in [9.17, 15) is 0 Å². The Balaban J connectivity index is 1.68. The van der Waals surface area contributed by atoms with E-state index in [-0.39, 0.29) is 12.3 Å². The molecule has 2 N–H and O–H groups in total. The molecule has 0 aromatic heterocycles. The first-order valence-corrected chi connectivity index (χ1v) is 5.14. The monoisotopic (exact) mass is 200 g/mol. The van der Waals surface area contributed by atoms with E-state index in [1.54, 1.807) is 0 Å². The number of ether oxygens (including phenoxy) is 2. The molecule has 0 spiro atoms. The summed E-state index contributed by atoms with van der Waals surface area (Å²) < 4.78 is 10.8. The van der Waals surface area contributed by atoms with E-state index in [1.165, 1.54) is 0 Å². The second-order valence-electron chi connectivity index (χ2n) is 3.83. The lowest BCUT2D eigenvalue weighted by Gasteiger charge is -2.50. The maximum absolute atomic E-state index is 5.42. The maximum atomic E-state index is 5.42. The van der Waals surface area contributed by atoms with Crippen molar-refractivity contribution in [2.45, 2.75) is 12.3 Å². The van der Waals surface area contributed by atoms with Gasteiger partial charge in [-0.25, -0.2) is 20.9 Å². The third-order valence-corrected chi connectivity index (χ3v) is 2.89. The molecule has 14 heavy (non-hydrogen) atoms. The number of fused-ring (bicyclic) bond motifs is 2. The van der Waals surface area contributed by atoms with Crippen LogP contribution in [0.4, 0.5) is 0 Å². The normalized spacial score (nSPS) is 40.3. The van der Waals surface area contributed by atoms with Gasteiger partial charge in [0, 0.05) is 13.1 Å². The van der Waals surface area contributed by atoms with Gasteiger partial charge in [-0.05, 0) is 0 Å². The Morgan fingerprint density at radius 2 is 1.36 bits per heavy atom. The fraction of sp³-hybridized carbons (Fsp3) is 1.00. The first kappa shape index (κ1) is 9.02. The topological polar surface area (TPSA) is 49.0 Å². The van der Waals surface area contributed by atoms with Crippen molar-refractivity contribution in [3.05, 3.63) is 0 Å². The molecule has 3 aliphatic heterocycles. The molecule has 2 atom stereocenters. The smallest absolute Gasteiger partial charge is 0.110 e. The van der Waals surface area contributed by atoms with Gasteiger partial charge in [0.2, 0.25) is 0 Å². The summed E-state index contributed by atoms with van der Waals surface area (Å²) in [7, 11) is 0. The molecular formula is C8H16N4O2. The Morgan fingerprint density at radius 1 is 0.857 bits per heavy atom. The van der Waals surface area contributed by atoms with E-state index in [1.807, 2.05) is 0 Å². The van der Waals surface area contributed by atoms with Crippen LogP contribution in [0.1, 0.15) is 0 Å². The Morgan fingerprint density at radius 3 is 1.86 bits per heavy atom. The summed E-state index contributed by atoms with van der Waals surface area (Å²) in [5.41, 5.74) is 6.90. The van der Waals surface area contributed by atoms with Gasteiger partial charge in [-0.2, -0.15) is 0 Å². The third kappa shape index (κ3) is 1.54. The number of nitrogens with zero attached hydrogens (tertiary/aromatic N) is 2. The summed E-state index contributed by atoms with van der Waals surface area (Å²) in [5.74, 6) is 0. The number of hydrogen-bond donors (Lipinski definition) is 2. The van der Waals surface area contributed by atoms with Crippen molar-refractivity contribution >= 4 is 0 Å². The summed E-state index contributed by atoms with van der Waals surface area (Å²) in [5, 5.41) is 4.42. The van der Waals surface area contributed by atoms with Crippen molar-refractivity contribution in [2.24, 2.45) is 0 Å². The summed E-state index contributed by atoms with van der Waals surface area (Å²) in [4.78, 5) is 0. The van der Waals surface area contributed by atoms with Crippen LogP contribution >= 0.6 is 0 Å². The lowest BCUT2D eigenvalue weighted by molar-refractivity contribution is -0.180. The highest BCUT2D eigenvalue weighted by atomic mass is 16.5. The summed E-state index contributed by atoms with van der Waals surface area (Å²) in [6.07, 6.45) is 0.552. The standard InChI is InChI=1S/C8H16N4O2/c1-3-13-5-7-10-12-2-4-14-6-8(12)9-11(1)7/h7-10H,1-6H2/t7-,8+. The van der Waals surface area contributed by atoms with Crippen LogP contribution in [0.25, 0.3) is 0 Å². The Hall–Kier alpha value is -0.240. The quantitative estimate of drug-likeness (QED) is 0.487. The van der Waals surface area contributed by atoms with E-state index in [0.29, 0.717) is 0 Å². The molecule has 80 valence electrons.